The second kappa shape index (κ2) is 5.16. The van der Waals surface area contributed by atoms with Crippen molar-refractivity contribution in [3.63, 3.8) is 0 Å². The van der Waals surface area contributed by atoms with Crippen LogP contribution in [0.5, 0.6) is 0 Å². The van der Waals surface area contributed by atoms with Gasteiger partial charge in [-0.1, -0.05) is 0 Å². The van der Waals surface area contributed by atoms with Crippen LogP contribution >= 0.6 is 0 Å². The van der Waals surface area contributed by atoms with Crippen LogP contribution in [0.2, 0.25) is 0 Å². The second-order valence-electron chi connectivity index (χ2n) is 7.22. The Bertz CT molecular complexity index is 482. The Kier molecular flexibility index (Phi) is 3.29. The Morgan fingerprint density at radius 2 is 1.90 bits per heavy atom. The average molecular weight is 289 g/mol. The third kappa shape index (κ3) is 2.30. The van der Waals surface area contributed by atoms with Gasteiger partial charge in [0.25, 0.3) is 0 Å². The van der Waals surface area contributed by atoms with Gasteiger partial charge in [-0.25, -0.2) is 0 Å². The molecule has 114 valence electrons. The molecule has 5 rings (SSSR count). The summed E-state index contributed by atoms with van der Waals surface area (Å²) in [6.45, 7) is -0.118. The van der Waals surface area contributed by atoms with E-state index in [0.717, 1.165) is 11.8 Å². The monoisotopic (exact) mass is 289 g/mol. The zero-order valence-electron chi connectivity index (χ0n) is 12.2. The summed E-state index contributed by atoms with van der Waals surface area (Å²) in [6.07, 6.45) is 7.90. The van der Waals surface area contributed by atoms with Crippen molar-refractivity contribution < 1.29 is 14.3 Å². The Hall–Kier alpha value is -1.29. The Morgan fingerprint density at radius 3 is 2.43 bits per heavy atom. The fourth-order valence-electron chi connectivity index (χ4n) is 5.32. The number of aliphatic hydroxyl groups excluding tert-OH is 1. The van der Waals surface area contributed by atoms with E-state index in [9.17, 15) is 9.90 Å². The third-order valence-electron chi connectivity index (χ3n) is 5.92. The van der Waals surface area contributed by atoms with Crippen LogP contribution in [0.3, 0.4) is 0 Å². The highest BCUT2D eigenvalue weighted by Gasteiger charge is 2.50. The smallest absolute Gasteiger partial charge is 0.224 e. The van der Waals surface area contributed by atoms with Crippen LogP contribution in [-0.2, 0) is 4.79 Å². The van der Waals surface area contributed by atoms with Gasteiger partial charge in [0.2, 0.25) is 5.91 Å². The number of hydrogen-bond donors (Lipinski definition) is 2. The third-order valence-corrected chi connectivity index (χ3v) is 5.92. The molecule has 2 N–H and O–H groups in total. The molecule has 1 unspecified atom stereocenters. The number of carbonyl (C=O) groups is 1. The number of furan rings is 1. The highest BCUT2D eigenvalue weighted by Crippen LogP contribution is 2.56. The van der Waals surface area contributed by atoms with Crippen LogP contribution < -0.4 is 5.32 Å². The van der Waals surface area contributed by atoms with Gasteiger partial charge in [-0.2, -0.15) is 0 Å². The molecule has 4 saturated carbocycles. The lowest BCUT2D eigenvalue weighted by Crippen LogP contribution is -2.51. The number of aliphatic hydroxyl groups is 1. The van der Waals surface area contributed by atoms with Crippen molar-refractivity contribution in [2.45, 2.75) is 38.1 Å². The zero-order valence-corrected chi connectivity index (χ0v) is 12.2. The first-order valence-corrected chi connectivity index (χ1v) is 8.19. The van der Waals surface area contributed by atoms with Gasteiger partial charge >= 0.3 is 0 Å². The molecule has 4 aliphatic carbocycles. The van der Waals surface area contributed by atoms with E-state index in [2.05, 4.69) is 5.32 Å². The normalized spacial score (nSPS) is 38.4. The summed E-state index contributed by atoms with van der Waals surface area (Å²) in [4.78, 5) is 12.7. The van der Waals surface area contributed by atoms with Crippen molar-refractivity contribution >= 4 is 5.91 Å². The molecule has 1 aromatic heterocycles. The van der Waals surface area contributed by atoms with Crippen molar-refractivity contribution in [2.24, 2.45) is 29.6 Å². The predicted molar refractivity (Wildman–Crippen MR) is 77.2 cm³/mol. The van der Waals surface area contributed by atoms with Crippen LogP contribution in [0, 0.1) is 29.6 Å². The van der Waals surface area contributed by atoms with E-state index >= 15 is 0 Å². The molecule has 4 heteroatoms. The minimum Gasteiger partial charge on any atom is -0.467 e. The molecular formula is C17H23NO3. The number of carbonyl (C=O) groups excluding carboxylic acids is 1. The first-order valence-electron chi connectivity index (χ1n) is 8.19. The van der Waals surface area contributed by atoms with Gasteiger partial charge in [0, 0.05) is 5.92 Å². The van der Waals surface area contributed by atoms with E-state index in [1.54, 1.807) is 18.4 Å². The summed E-state index contributed by atoms with van der Waals surface area (Å²) in [5.41, 5.74) is 0. The SMILES string of the molecule is O=C(NC(CO)c1ccco1)C1C2CC3CC(C2)CC1C3. The van der Waals surface area contributed by atoms with E-state index in [0.29, 0.717) is 17.6 Å². The quantitative estimate of drug-likeness (QED) is 0.895. The lowest BCUT2D eigenvalue weighted by molar-refractivity contribution is -0.139. The standard InChI is InChI=1S/C17H23NO3/c19-9-14(15-2-1-3-21-15)18-17(20)16-12-5-10-4-11(7-12)8-13(16)6-10/h1-3,10-14,16,19H,4-9H2,(H,18,20). The highest BCUT2D eigenvalue weighted by molar-refractivity contribution is 5.80. The summed E-state index contributed by atoms with van der Waals surface area (Å²) in [7, 11) is 0. The predicted octanol–water partition coefficient (Wildman–Crippen LogP) is 2.50. The summed E-state index contributed by atoms with van der Waals surface area (Å²) in [6, 6.07) is 3.18. The van der Waals surface area contributed by atoms with Crippen LogP contribution in [0.25, 0.3) is 0 Å². The summed E-state index contributed by atoms with van der Waals surface area (Å²) in [5, 5.41) is 12.5. The average Bonchev–Trinajstić information content (AvgIpc) is 2.97. The number of nitrogens with one attached hydrogen (secondary N) is 1. The van der Waals surface area contributed by atoms with Gasteiger partial charge in [-0.15, -0.1) is 0 Å². The van der Waals surface area contributed by atoms with Crippen LogP contribution in [0.15, 0.2) is 22.8 Å². The molecule has 0 saturated heterocycles. The Balaban J connectivity index is 1.47. The fourth-order valence-corrected chi connectivity index (χ4v) is 5.32. The van der Waals surface area contributed by atoms with E-state index < -0.39 is 6.04 Å². The largest absolute Gasteiger partial charge is 0.467 e. The van der Waals surface area contributed by atoms with Crippen molar-refractivity contribution in [3.05, 3.63) is 24.2 Å². The molecule has 1 amide bonds. The molecule has 4 aliphatic rings. The van der Waals surface area contributed by atoms with E-state index in [4.69, 9.17) is 4.42 Å². The Morgan fingerprint density at radius 1 is 1.24 bits per heavy atom. The van der Waals surface area contributed by atoms with Crippen LogP contribution in [-0.4, -0.2) is 17.6 Å². The Labute approximate surface area is 124 Å². The molecule has 1 aromatic rings. The summed E-state index contributed by atoms with van der Waals surface area (Å²) >= 11 is 0. The van der Waals surface area contributed by atoms with Crippen molar-refractivity contribution in [3.8, 4) is 0 Å². The van der Waals surface area contributed by atoms with E-state index in [-0.39, 0.29) is 18.4 Å². The number of amides is 1. The van der Waals surface area contributed by atoms with Gasteiger partial charge in [0.05, 0.1) is 12.9 Å². The van der Waals surface area contributed by atoms with Gasteiger partial charge < -0.3 is 14.8 Å². The zero-order chi connectivity index (χ0) is 14.4. The van der Waals surface area contributed by atoms with Crippen LogP contribution in [0.1, 0.15) is 43.9 Å². The van der Waals surface area contributed by atoms with Gasteiger partial charge in [0.15, 0.2) is 0 Å². The maximum absolute atomic E-state index is 12.7. The van der Waals surface area contributed by atoms with Crippen LogP contribution in [0.4, 0.5) is 0 Å². The number of rotatable bonds is 4. The molecule has 4 nitrogen and oxygen atoms in total. The minimum absolute atomic E-state index is 0.118. The first-order chi connectivity index (χ1) is 10.2. The fraction of sp³-hybridized carbons (Fsp3) is 0.706. The maximum atomic E-state index is 12.7. The first kappa shape index (κ1) is 13.4. The molecule has 0 radical (unpaired) electrons. The van der Waals surface area contributed by atoms with Crippen molar-refractivity contribution in [1.82, 2.24) is 5.32 Å². The summed E-state index contributed by atoms with van der Waals surface area (Å²) in [5.74, 6) is 3.79. The number of hydrogen-bond acceptors (Lipinski definition) is 3. The molecule has 0 aromatic carbocycles. The second-order valence-corrected chi connectivity index (χ2v) is 7.22. The van der Waals surface area contributed by atoms with Crippen molar-refractivity contribution in [2.75, 3.05) is 6.61 Å². The molecule has 0 aliphatic heterocycles. The molecule has 4 fully saturated rings. The lowest BCUT2D eigenvalue weighted by atomic mass is 9.51. The topological polar surface area (TPSA) is 62.5 Å². The summed E-state index contributed by atoms with van der Waals surface area (Å²) < 4.78 is 5.32. The lowest BCUT2D eigenvalue weighted by Gasteiger charge is -2.53. The van der Waals surface area contributed by atoms with Gasteiger partial charge in [0.1, 0.15) is 11.8 Å². The molecule has 1 heterocycles. The van der Waals surface area contributed by atoms with Crippen molar-refractivity contribution in [1.29, 1.82) is 0 Å². The molecular weight excluding hydrogens is 266 g/mol. The molecule has 4 bridgehead atoms. The van der Waals surface area contributed by atoms with E-state index in [1.165, 1.54) is 32.1 Å². The van der Waals surface area contributed by atoms with Gasteiger partial charge in [-0.3, -0.25) is 4.79 Å². The maximum Gasteiger partial charge on any atom is 0.224 e. The minimum atomic E-state index is -0.412. The van der Waals surface area contributed by atoms with Gasteiger partial charge in [-0.05, 0) is 67.9 Å². The molecule has 1 atom stereocenters. The molecule has 0 spiro atoms. The highest BCUT2D eigenvalue weighted by atomic mass is 16.3. The van der Waals surface area contributed by atoms with E-state index in [1.807, 2.05) is 0 Å². The molecule has 21 heavy (non-hydrogen) atoms.